The number of hydrogen-bond donors (Lipinski definition) is 1. The zero-order chi connectivity index (χ0) is 9.28. The van der Waals surface area contributed by atoms with Crippen LogP contribution in [0.1, 0.15) is 27.7 Å². The first-order valence-corrected chi connectivity index (χ1v) is 3.81. The Morgan fingerprint density at radius 1 is 1.18 bits per heavy atom. The second-order valence-electron chi connectivity index (χ2n) is 1.89. The second kappa shape index (κ2) is 9.08. The van der Waals surface area contributed by atoms with Gasteiger partial charge in [-0.25, -0.2) is 0 Å². The van der Waals surface area contributed by atoms with Gasteiger partial charge in [-0.2, -0.15) is 0 Å². The van der Waals surface area contributed by atoms with Gasteiger partial charge in [-0.1, -0.05) is 13.8 Å². The number of ether oxygens (including phenoxy) is 1. The van der Waals surface area contributed by atoms with Crippen molar-refractivity contribution in [1.82, 2.24) is 0 Å². The predicted octanol–water partition coefficient (Wildman–Crippen LogP) is 2.43. The van der Waals surface area contributed by atoms with Gasteiger partial charge in [-0.05, 0) is 26.0 Å². The third-order valence-corrected chi connectivity index (χ3v) is 0.903. The quantitative estimate of drug-likeness (QED) is 0.493. The van der Waals surface area contributed by atoms with Crippen LogP contribution in [0, 0.1) is 0 Å². The van der Waals surface area contributed by atoms with Gasteiger partial charge >= 0.3 is 0 Å². The maximum absolute atomic E-state index is 5.36. The predicted molar refractivity (Wildman–Crippen MR) is 50.1 cm³/mol. The van der Waals surface area contributed by atoms with Crippen molar-refractivity contribution >= 4 is 0 Å². The van der Waals surface area contributed by atoms with Crippen LogP contribution in [0.15, 0.2) is 23.6 Å². The normalized spacial score (nSPS) is 11.7. The van der Waals surface area contributed by atoms with E-state index in [0.717, 1.165) is 11.5 Å². The smallest absolute Gasteiger partial charge is 0.0925 e. The molecule has 0 heterocycles. The molecule has 0 spiro atoms. The molecule has 0 aromatic carbocycles. The molecule has 0 aliphatic rings. The molecule has 0 radical (unpaired) electrons. The molecule has 0 aliphatic carbocycles. The molecule has 0 amide bonds. The van der Waals surface area contributed by atoms with E-state index in [0.29, 0.717) is 0 Å². The summed E-state index contributed by atoms with van der Waals surface area (Å²) in [6.45, 7) is 7.71. The number of allylic oxidation sites excluding steroid dienone is 4. The van der Waals surface area contributed by atoms with Crippen molar-refractivity contribution in [3.63, 3.8) is 0 Å². The Bertz CT molecular complexity index is 132. The van der Waals surface area contributed by atoms with Crippen molar-refractivity contribution in [3.05, 3.63) is 23.6 Å². The van der Waals surface area contributed by atoms with E-state index in [-0.39, 0.29) is 0 Å². The third kappa shape index (κ3) is 12.3. The number of nitrogens with two attached hydrogens (primary N) is 1. The van der Waals surface area contributed by atoms with E-state index in [1.807, 2.05) is 33.8 Å². The van der Waals surface area contributed by atoms with Crippen molar-refractivity contribution in [1.29, 1.82) is 0 Å². The Morgan fingerprint density at radius 3 is 1.91 bits per heavy atom. The van der Waals surface area contributed by atoms with Crippen molar-refractivity contribution in [3.8, 4) is 0 Å². The maximum atomic E-state index is 5.36. The van der Waals surface area contributed by atoms with Crippen LogP contribution in [0.3, 0.4) is 0 Å². The zero-order valence-corrected chi connectivity index (χ0v) is 8.14. The Kier molecular flexibility index (Phi) is 10.5. The fourth-order valence-corrected chi connectivity index (χ4v) is 0.317. The molecule has 0 bridgehead atoms. The van der Waals surface area contributed by atoms with E-state index < -0.39 is 0 Å². The molecule has 2 heteroatoms. The minimum atomic E-state index is 0.784. The van der Waals surface area contributed by atoms with Gasteiger partial charge in [0.2, 0.25) is 0 Å². The van der Waals surface area contributed by atoms with Gasteiger partial charge in [0.1, 0.15) is 0 Å². The Labute approximate surface area is 69.7 Å². The fourth-order valence-electron chi connectivity index (χ4n) is 0.317. The fraction of sp³-hybridized carbons (Fsp3) is 0.556. The summed E-state index contributed by atoms with van der Waals surface area (Å²) in [5.41, 5.74) is 6.14. The van der Waals surface area contributed by atoms with Gasteiger partial charge in [0.25, 0.3) is 0 Å². The van der Waals surface area contributed by atoms with Crippen LogP contribution < -0.4 is 5.73 Å². The average molecular weight is 157 g/mol. The highest BCUT2D eigenvalue weighted by atomic mass is 16.5. The summed E-state index contributed by atoms with van der Waals surface area (Å²) in [6.07, 6.45) is 3.63. The molecule has 11 heavy (non-hydrogen) atoms. The lowest BCUT2D eigenvalue weighted by atomic mass is 10.4. The first kappa shape index (κ1) is 12.7. The lowest BCUT2D eigenvalue weighted by Gasteiger charge is -1.94. The molecule has 0 aromatic heterocycles. The first-order valence-electron chi connectivity index (χ1n) is 3.81. The number of rotatable bonds is 2. The lowest BCUT2D eigenvalue weighted by molar-refractivity contribution is 0.293. The van der Waals surface area contributed by atoms with Crippen molar-refractivity contribution < 1.29 is 4.74 Å². The SMILES string of the molecule is CC.CO/C(C)=C/C=C(\C)N. The second-order valence-corrected chi connectivity index (χ2v) is 1.89. The molecular formula is C9H19NO. The zero-order valence-electron chi connectivity index (χ0n) is 8.14. The Morgan fingerprint density at radius 2 is 1.64 bits per heavy atom. The van der Waals surface area contributed by atoms with Gasteiger partial charge in [0, 0.05) is 5.70 Å². The highest BCUT2D eigenvalue weighted by Gasteiger charge is 1.78. The van der Waals surface area contributed by atoms with Crippen molar-refractivity contribution in [2.75, 3.05) is 7.11 Å². The molecule has 0 aliphatic heterocycles. The summed E-state index contributed by atoms with van der Waals surface area (Å²) in [7, 11) is 1.63. The summed E-state index contributed by atoms with van der Waals surface area (Å²) in [4.78, 5) is 0. The molecule has 0 unspecified atom stereocenters. The van der Waals surface area contributed by atoms with Crippen LogP contribution in [0.5, 0.6) is 0 Å². The van der Waals surface area contributed by atoms with Crippen LogP contribution in [0.4, 0.5) is 0 Å². The topological polar surface area (TPSA) is 35.2 Å². The molecule has 2 N–H and O–H groups in total. The highest BCUT2D eigenvalue weighted by molar-refractivity contribution is 5.09. The van der Waals surface area contributed by atoms with Gasteiger partial charge in [0.05, 0.1) is 12.9 Å². The van der Waals surface area contributed by atoms with Crippen molar-refractivity contribution in [2.45, 2.75) is 27.7 Å². The average Bonchev–Trinajstić information content (AvgIpc) is 2.04. The Hall–Kier alpha value is -0.920. The van der Waals surface area contributed by atoms with E-state index in [1.54, 1.807) is 13.2 Å². The van der Waals surface area contributed by atoms with E-state index >= 15 is 0 Å². The summed E-state index contributed by atoms with van der Waals surface area (Å²) in [5.74, 6) is 0.861. The van der Waals surface area contributed by atoms with Gasteiger partial charge in [0.15, 0.2) is 0 Å². The summed E-state index contributed by atoms with van der Waals surface area (Å²) in [6, 6.07) is 0. The van der Waals surface area contributed by atoms with E-state index in [2.05, 4.69) is 0 Å². The minimum absolute atomic E-state index is 0.784. The Balaban J connectivity index is 0. The van der Waals surface area contributed by atoms with Gasteiger partial charge < -0.3 is 10.5 Å². The lowest BCUT2D eigenvalue weighted by Crippen LogP contribution is -1.88. The molecule has 0 fully saturated rings. The molecular weight excluding hydrogens is 138 g/mol. The molecule has 0 atom stereocenters. The summed E-state index contributed by atoms with van der Waals surface area (Å²) in [5, 5.41) is 0. The molecule has 66 valence electrons. The molecule has 0 aromatic rings. The van der Waals surface area contributed by atoms with Crippen LogP contribution in [-0.4, -0.2) is 7.11 Å². The van der Waals surface area contributed by atoms with Crippen LogP contribution in [0.25, 0.3) is 0 Å². The van der Waals surface area contributed by atoms with Crippen LogP contribution >= 0.6 is 0 Å². The largest absolute Gasteiger partial charge is 0.501 e. The molecule has 0 saturated heterocycles. The standard InChI is InChI=1S/C7H13NO.C2H6/c1-6(8)4-5-7(2)9-3;1-2/h4-5H,8H2,1-3H3;1-2H3/b6-4+,7-5+;. The summed E-state index contributed by atoms with van der Waals surface area (Å²) < 4.78 is 4.86. The first-order chi connectivity index (χ1) is 5.16. The van der Waals surface area contributed by atoms with Crippen LogP contribution in [-0.2, 0) is 4.74 Å². The van der Waals surface area contributed by atoms with Gasteiger partial charge in [-0.3, -0.25) is 0 Å². The maximum Gasteiger partial charge on any atom is 0.0925 e. The van der Waals surface area contributed by atoms with Gasteiger partial charge in [-0.15, -0.1) is 0 Å². The van der Waals surface area contributed by atoms with E-state index in [1.165, 1.54) is 0 Å². The van der Waals surface area contributed by atoms with E-state index in [9.17, 15) is 0 Å². The van der Waals surface area contributed by atoms with E-state index in [4.69, 9.17) is 10.5 Å². The molecule has 0 rings (SSSR count). The minimum Gasteiger partial charge on any atom is -0.501 e. The molecule has 0 saturated carbocycles. The number of hydrogen-bond acceptors (Lipinski definition) is 2. The van der Waals surface area contributed by atoms with Crippen LogP contribution in [0.2, 0.25) is 0 Å². The summed E-state index contributed by atoms with van der Waals surface area (Å²) >= 11 is 0. The third-order valence-electron chi connectivity index (χ3n) is 0.903. The highest BCUT2D eigenvalue weighted by Crippen LogP contribution is 1.92. The monoisotopic (exact) mass is 157 g/mol. The number of methoxy groups -OCH3 is 1. The molecule has 2 nitrogen and oxygen atoms in total. The van der Waals surface area contributed by atoms with Crippen molar-refractivity contribution in [2.24, 2.45) is 5.73 Å².